The molecular weight excluding hydrogens is 484 g/mol. The lowest BCUT2D eigenvalue weighted by Crippen LogP contribution is -2.16. The minimum atomic E-state index is -1.59. The lowest BCUT2D eigenvalue weighted by Gasteiger charge is -2.15. The number of benzene rings is 3. The van der Waals surface area contributed by atoms with Gasteiger partial charge < -0.3 is 24.2 Å². The van der Waals surface area contributed by atoms with Gasteiger partial charge in [0.25, 0.3) is 0 Å². The summed E-state index contributed by atoms with van der Waals surface area (Å²) in [6.07, 6.45) is 0.977. The van der Waals surface area contributed by atoms with Gasteiger partial charge in [-0.2, -0.15) is 0 Å². The van der Waals surface area contributed by atoms with E-state index in [-0.39, 0.29) is 55.5 Å². The molecule has 184 valence electrons. The number of hydrogen-bond donors (Lipinski definition) is 3. The highest BCUT2D eigenvalue weighted by molar-refractivity contribution is 6.17. The van der Waals surface area contributed by atoms with Crippen molar-refractivity contribution in [1.29, 1.82) is 0 Å². The van der Waals surface area contributed by atoms with Gasteiger partial charge in [-0.25, -0.2) is 4.79 Å². The number of aromatic carboxylic acids is 1. The van der Waals surface area contributed by atoms with Gasteiger partial charge in [-0.1, -0.05) is 0 Å². The number of carbonyl (C=O) groups excluding carboxylic acids is 2. The summed E-state index contributed by atoms with van der Waals surface area (Å²) in [6, 6.07) is 7.25. The van der Waals surface area contributed by atoms with E-state index in [0.29, 0.717) is 0 Å². The van der Waals surface area contributed by atoms with Gasteiger partial charge in [-0.15, -0.1) is 0 Å². The maximum atomic E-state index is 13.6. The van der Waals surface area contributed by atoms with Gasteiger partial charge in [0, 0.05) is 11.1 Å². The fourth-order valence-electron chi connectivity index (χ4n) is 4.47. The summed E-state index contributed by atoms with van der Waals surface area (Å²) in [5, 5.41) is 28.9. The minimum absolute atomic E-state index is 0.0102. The molecule has 37 heavy (non-hydrogen) atoms. The van der Waals surface area contributed by atoms with Crippen molar-refractivity contribution in [1.82, 2.24) is 0 Å². The summed E-state index contributed by atoms with van der Waals surface area (Å²) >= 11 is 0. The number of carboxylic acid groups (broad SMARTS) is 1. The van der Waals surface area contributed by atoms with E-state index in [1.807, 2.05) is 0 Å². The van der Waals surface area contributed by atoms with Crippen molar-refractivity contribution >= 4 is 50.4 Å². The molecule has 2 heterocycles. The monoisotopic (exact) mass is 500 g/mol. The van der Waals surface area contributed by atoms with E-state index >= 15 is 0 Å². The van der Waals surface area contributed by atoms with E-state index in [0.717, 1.165) is 19.3 Å². The molecule has 5 aromatic rings. The molecule has 2 aromatic heterocycles. The van der Waals surface area contributed by atoms with Crippen LogP contribution in [0.25, 0.3) is 44.0 Å². The second kappa shape index (κ2) is 8.16. The molecule has 10 nitrogen and oxygen atoms in total. The highest BCUT2D eigenvalue weighted by atomic mass is 16.4. The number of phenolic OH excluding ortho intramolecular Hbond substituents is 1. The molecule has 5 rings (SSSR count). The first kappa shape index (κ1) is 23.5. The van der Waals surface area contributed by atoms with Crippen LogP contribution in [0.15, 0.2) is 61.1 Å². The van der Waals surface area contributed by atoms with E-state index in [4.69, 9.17) is 8.83 Å². The van der Waals surface area contributed by atoms with Crippen molar-refractivity contribution in [2.45, 2.75) is 13.8 Å². The average molecular weight is 500 g/mol. The van der Waals surface area contributed by atoms with Gasteiger partial charge in [0.05, 0.1) is 27.3 Å². The number of fused-ring (bicyclic) bond motifs is 3. The van der Waals surface area contributed by atoms with Crippen LogP contribution in [0.3, 0.4) is 0 Å². The predicted octanol–water partition coefficient (Wildman–Crippen LogP) is 4.23. The third-order valence-corrected chi connectivity index (χ3v) is 6.08. The van der Waals surface area contributed by atoms with Crippen LogP contribution in [0.4, 0.5) is 0 Å². The zero-order valence-electron chi connectivity index (χ0n) is 19.2. The van der Waals surface area contributed by atoms with Gasteiger partial charge in [0.2, 0.25) is 10.9 Å². The number of carboxylic acids is 1. The van der Waals surface area contributed by atoms with Crippen LogP contribution >= 0.6 is 0 Å². The van der Waals surface area contributed by atoms with Gasteiger partial charge in [-0.3, -0.25) is 19.2 Å². The predicted molar refractivity (Wildman–Crippen MR) is 132 cm³/mol. The standard InChI is InChI=1S/C27H16O10/c1-10(28)13-8-15-24(32)14-7-12(30)3-5-18(14)37-26(15)20(11(2)29)21(13)16-9-36-19-6-4-17(31)22(27(34)35)23(19)25(16)33/h3-9,30-31H,1-2H3,(H,34,35). The summed E-state index contributed by atoms with van der Waals surface area (Å²) in [6.45, 7) is 2.32. The molecule has 0 atom stereocenters. The van der Waals surface area contributed by atoms with Crippen molar-refractivity contribution < 1.29 is 38.5 Å². The second-order valence-corrected chi connectivity index (χ2v) is 8.39. The Morgan fingerprint density at radius 1 is 0.811 bits per heavy atom. The van der Waals surface area contributed by atoms with Gasteiger partial charge in [0.1, 0.15) is 40.1 Å². The number of hydrogen-bond acceptors (Lipinski definition) is 9. The van der Waals surface area contributed by atoms with E-state index in [1.165, 1.54) is 37.3 Å². The molecule has 0 bridgehead atoms. The molecule has 3 aromatic carbocycles. The molecule has 0 saturated carbocycles. The van der Waals surface area contributed by atoms with Gasteiger partial charge in [-0.05, 0) is 50.2 Å². The Balaban J connectivity index is 2.03. The number of aromatic hydroxyl groups is 2. The first-order chi connectivity index (χ1) is 17.5. The molecule has 0 fully saturated rings. The lowest BCUT2D eigenvalue weighted by molar-refractivity contribution is 0.0695. The Hall–Kier alpha value is -5.25. The van der Waals surface area contributed by atoms with Crippen molar-refractivity contribution in [2.24, 2.45) is 0 Å². The average Bonchev–Trinajstić information content (AvgIpc) is 2.83. The zero-order valence-corrected chi connectivity index (χ0v) is 19.2. The quantitative estimate of drug-likeness (QED) is 0.239. The van der Waals surface area contributed by atoms with E-state index in [2.05, 4.69) is 0 Å². The Bertz CT molecular complexity index is 1970. The van der Waals surface area contributed by atoms with Crippen molar-refractivity contribution in [2.75, 3.05) is 0 Å². The van der Waals surface area contributed by atoms with Crippen LogP contribution in [-0.2, 0) is 0 Å². The van der Waals surface area contributed by atoms with Gasteiger partial charge >= 0.3 is 5.97 Å². The van der Waals surface area contributed by atoms with Crippen molar-refractivity contribution in [3.63, 3.8) is 0 Å². The van der Waals surface area contributed by atoms with Crippen LogP contribution in [-0.4, -0.2) is 32.9 Å². The van der Waals surface area contributed by atoms with E-state index < -0.39 is 45.1 Å². The summed E-state index contributed by atoms with van der Waals surface area (Å²) < 4.78 is 11.4. The first-order valence-corrected chi connectivity index (χ1v) is 10.8. The number of ketones is 2. The first-order valence-electron chi connectivity index (χ1n) is 10.8. The molecule has 0 saturated heterocycles. The van der Waals surface area contributed by atoms with Crippen molar-refractivity contribution in [3.8, 4) is 22.6 Å². The molecule has 0 aliphatic heterocycles. The molecule has 0 radical (unpaired) electrons. The molecule has 0 aliphatic rings. The minimum Gasteiger partial charge on any atom is -0.508 e. The number of Topliss-reactive ketones (excluding diaryl/α,β-unsaturated/α-hetero) is 2. The maximum Gasteiger partial charge on any atom is 0.340 e. The normalized spacial score (nSPS) is 11.3. The SMILES string of the molecule is CC(=O)c1cc2c(=O)c3cc(O)ccc3oc2c(C(C)=O)c1-c1coc2ccc(O)c(C(=O)O)c2c1=O. The maximum absolute atomic E-state index is 13.6. The Morgan fingerprint density at radius 3 is 2.16 bits per heavy atom. The summed E-state index contributed by atoms with van der Waals surface area (Å²) in [5.41, 5.74) is -3.55. The van der Waals surface area contributed by atoms with Crippen LogP contribution in [0, 0.1) is 0 Å². The van der Waals surface area contributed by atoms with Crippen LogP contribution in [0.2, 0.25) is 0 Å². The highest BCUT2D eigenvalue weighted by Gasteiger charge is 2.28. The third-order valence-electron chi connectivity index (χ3n) is 6.08. The Morgan fingerprint density at radius 2 is 1.51 bits per heavy atom. The highest BCUT2D eigenvalue weighted by Crippen LogP contribution is 2.36. The molecule has 0 unspecified atom stereocenters. The van der Waals surface area contributed by atoms with Crippen LogP contribution in [0.5, 0.6) is 11.5 Å². The molecule has 0 amide bonds. The molecule has 0 aliphatic carbocycles. The van der Waals surface area contributed by atoms with E-state index in [1.54, 1.807) is 0 Å². The fourth-order valence-corrected chi connectivity index (χ4v) is 4.47. The Kier molecular flexibility index (Phi) is 5.18. The summed E-state index contributed by atoms with van der Waals surface area (Å²) in [4.78, 5) is 64.4. The fraction of sp³-hybridized carbons (Fsp3) is 0.0741. The smallest absolute Gasteiger partial charge is 0.340 e. The van der Waals surface area contributed by atoms with Gasteiger partial charge in [0.15, 0.2) is 11.6 Å². The second-order valence-electron chi connectivity index (χ2n) is 8.39. The van der Waals surface area contributed by atoms with Crippen LogP contribution in [0.1, 0.15) is 44.9 Å². The van der Waals surface area contributed by atoms with E-state index in [9.17, 15) is 39.3 Å². The lowest BCUT2D eigenvalue weighted by atomic mass is 9.88. The summed E-state index contributed by atoms with van der Waals surface area (Å²) in [7, 11) is 0. The number of phenols is 2. The molecule has 0 spiro atoms. The summed E-state index contributed by atoms with van der Waals surface area (Å²) in [5.74, 6) is -3.73. The topological polar surface area (TPSA) is 172 Å². The Labute approximate surface area is 205 Å². The third kappa shape index (κ3) is 3.46. The molecule has 3 N–H and O–H groups in total. The molecular formula is C27H16O10. The zero-order chi connectivity index (χ0) is 26.8. The number of carbonyl (C=O) groups is 3. The largest absolute Gasteiger partial charge is 0.508 e. The van der Waals surface area contributed by atoms with Crippen LogP contribution < -0.4 is 10.9 Å². The number of rotatable bonds is 4. The molecule has 10 heteroatoms. The van der Waals surface area contributed by atoms with Crippen molar-refractivity contribution in [3.05, 3.63) is 79.8 Å².